The summed E-state index contributed by atoms with van der Waals surface area (Å²) in [6.07, 6.45) is 1.97. The zero-order chi connectivity index (χ0) is 23.2. The van der Waals surface area contributed by atoms with Crippen LogP contribution in [-0.4, -0.2) is 82.8 Å². The summed E-state index contributed by atoms with van der Waals surface area (Å²) in [6.45, 7) is 5.79. The van der Waals surface area contributed by atoms with E-state index in [-0.39, 0.29) is 12.2 Å². The van der Waals surface area contributed by atoms with Crippen LogP contribution >= 0.6 is 0 Å². The fraction of sp³-hybridized carbons (Fsp3) is 0.478. The number of para-hydroxylation sites is 1. The molecule has 1 unspecified atom stereocenters. The molecular weight excluding hydrogens is 422 g/mol. The number of hydrogen-bond donors (Lipinski definition) is 3. The van der Waals surface area contributed by atoms with Crippen LogP contribution in [0.5, 0.6) is 0 Å². The van der Waals surface area contributed by atoms with Gasteiger partial charge < -0.3 is 29.8 Å². The van der Waals surface area contributed by atoms with Gasteiger partial charge in [0.15, 0.2) is 0 Å². The normalized spacial score (nSPS) is 15.5. The second kappa shape index (κ2) is 10.5. The molecule has 0 bridgehead atoms. The Morgan fingerprint density at radius 1 is 1.15 bits per heavy atom. The second-order valence-corrected chi connectivity index (χ2v) is 8.42. The van der Waals surface area contributed by atoms with E-state index in [4.69, 9.17) is 4.74 Å². The number of rotatable bonds is 9. The van der Waals surface area contributed by atoms with Crippen molar-refractivity contribution in [3.05, 3.63) is 41.9 Å². The molecule has 33 heavy (non-hydrogen) atoms. The maximum atomic E-state index is 12.9. The van der Waals surface area contributed by atoms with E-state index in [0.717, 1.165) is 55.6 Å². The predicted octanol–water partition coefficient (Wildman–Crippen LogP) is 1.72. The van der Waals surface area contributed by atoms with Crippen molar-refractivity contribution in [3.63, 3.8) is 0 Å². The van der Waals surface area contributed by atoms with Crippen molar-refractivity contribution in [2.45, 2.75) is 32.2 Å². The summed E-state index contributed by atoms with van der Waals surface area (Å²) in [7, 11) is 2.07. The van der Waals surface area contributed by atoms with Crippen molar-refractivity contribution < 1.29 is 14.3 Å². The van der Waals surface area contributed by atoms with Crippen molar-refractivity contribution in [3.8, 4) is 0 Å². The standard InChI is InChI=1S/C23H31N7O3/c1-3-4-13-33-22(32)19(15-17-14-16-7-5-6-8-18(16)24-17)25-21(31)20-26-23(28-27-20)30-11-9-29(2)10-12-30/h5-8,14,19,24H,3-4,9-13,15H2,1-2H3,(H,25,31)(H,26,27,28). The number of anilines is 1. The molecule has 1 atom stereocenters. The van der Waals surface area contributed by atoms with Crippen molar-refractivity contribution in [2.24, 2.45) is 0 Å². The van der Waals surface area contributed by atoms with Gasteiger partial charge in [-0.25, -0.2) is 4.79 Å². The number of aromatic amines is 2. The minimum absolute atomic E-state index is 0.0759. The lowest BCUT2D eigenvalue weighted by Crippen LogP contribution is -2.45. The lowest BCUT2D eigenvalue weighted by atomic mass is 10.1. The number of ether oxygens (including phenoxy) is 1. The van der Waals surface area contributed by atoms with E-state index in [1.54, 1.807) is 0 Å². The molecule has 0 spiro atoms. The highest BCUT2D eigenvalue weighted by molar-refractivity contribution is 5.94. The van der Waals surface area contributed by atoms with Gasteiger partial charge in [0.05, 0.1) is 6.61 Å². The van der Waals surface area contributed by atoms with Crippen LogP contribution in [0.4, 0.5) is 5.95 Å². The first-order valence-electron chi connectivity index (χ1n) is 11.4. The topological polar surface area (TPSA) is 119 Å². The molecule has 1 aromatic carbocycles. The fourth-order valence-corrected chi connectivity index (χ4v) is 3.82. The summed E-state index contributed by atoms with van der Waals surface area (Å²) in [5, 5.41) is 12.0. The van der Waals surface area contributed by atoms with Crippen molar-refractivity contribution in [2.75, 3.05) is 44.7 Å². The Bertz CT molecular complexity index is 1050. The van der Waals surface area contributed by atoms with Gasteiger partial charge in [-0.1, -0.05) is 31.5 Å². The highest BCUT2D eigenvalue weighted by atomic mass is 16.5. The molecule has 0 aliphatic carbocycles. The summed E-state index contributed by atoms with van der Waals surface area (Å²) in [5.41, 5.74) is 1.81. The molecule has 3 heterocycles. The maximum absolute atomic E-state index is 12.9. The number of benzene rings is 1. The number of nitrogens with one attached hydrogen (secondary N) is 3. The Hall–Kier alpha value is -3.40. The largest absolute Gasteiger partial charge is 0.464 e. The lowest BCUT2D eigenvalue weighted by molar-refractivity contribution is -0.146. The van der Waals surface area contributed by atoms with E-state index in [0.29, 0.717) is 12.6 Å². The maximum Gasteiger partial charge on any atom is 0.329 e. The minimum atomic E-state index is -0.848. The van der Waals surface area contributed by atoms with Crippen LogP contribution in [-0.2, 0) is 16.0 Å². The minimum Gasteiger partial charge on any atom is -0.464 e. The number of carbonyl (C=O) groups is 2. The smallest absolute Gasteiger partial charge is 0.329 e. The van der Waals surface area contributed by atoms with Gasteiger partial charge in [-0.3, -0.25) is 4.79 Å². The molecule has 1 amide bonds. The quantitative estimate of drug-likeness (QED) is 0.333. The molecule has 2 aromatic heterocycles. The molecule has 1 fully saturated rings. The molecule has 1 aliphatic rings. The number of carbonyl (C=O) groups excluding carboxylic acids is 2. The van der Waals surface area contributed by atoms with Crippen molar-refractivity contribution in [1.82, 2.24) is 30.4 Å². The van der Waals surface area contributed by atoms with Crippen molar-refractivity contribution in [1.29, 1.82) is 0 Å². The summed E-state index contributed by atoms with van der Waals surface area (Å²) in [5.74, 6) is -0.316. The van der Waals surface area contributed by atoms with E-state index in [2.05, 4.69) is 42.3 Å². The van der Waals surface area contributed by atoms with E-state index in [1.165, 1.54) is 0 Å². The summed E-state index contributed by atoms with van der Waals surface area (Å²) >= 11 is 0. The molecule has 0 radical (unpaired) electrons. The Kier molecular flexibility index (Phi) is 7.23. The van der Waals surface area contributed by atoms with E-state index < -0.39 is 17.9 Å². The molecule has 4 rings (SSSR count). The molecule has 1 saturated heterocycles. The van der Waals surface area contributed by atoms with Gasteiger partial charge in [0.1, 0.15) is 6.04 Å². The average Bonchev–Trinajstić information content (AvgIpc) is 3.46. The summed E-state index contributed by atoms with van der Waals surface area (Å²) in [6, 6.07) is 9.01. The SMILES string of the molecule is CCCCOC(=O)C(Cc1cc2ccccc2[nH]1)NC(=O)c1nnc(N2CCN(C)CC2)[nH]1. The molecule has 3 N–H and O–H groups in total. The number of esters is 1. The first-order chi connectivity index (χ1) is 16.0. The number of aromatic nitrogens is 4. The van der Waals surface area contributed by atoms with Gasteiger partial charge in [-0.05, 0) is 31.0 Å². The van der Waals surface area contributed by atoms with E-state index >= 15 is 0 Å². The number of fused-ring (bicyclic) bond motifs is 1. The van der Waals surface area contributed by atoms with Crippen LogP contribution in [0.25, 0.3) is 10.9 Å². The summed E-state index contributed by atoms with van der Waals surface area (Å²) in [4.78, 5) is 36.3. The first-order valence-corrected chi connectivity index (χ1v) is 11.4. The Balaban J connectivity index is 1.45. The van der Waals surface area contributed by atoms with Crippen LogP contribution in [0, 0.1) is 0 Å². The van der Waals surface area contributed by atoms with Gasteiger partial charge in [-0.2, -0.15) is 0 Å². The molecule has 10 nitrogen and oxygen atoms in total. The predicted molar refractivity (Wildman–Crippen MR) is 125 cm³/mol. The van der Waals surface area contributed by atoms with E-state index in [1.807, 2.05) is 37.3 Å². The Labute approximate surface area is 192 Å². The third-order valence-corrected chi connectivity index (χ3v) is 5.83. The molecule has 0 saturated carbocycles. The third-order valence-electron chi connectivity index (χ3n) is 5.83. The zero-order valence-electron chi connectivity index (χ0n) is 19.1. The number of hydrogen-bond acceptors (Lipinski definition) is 7. The van der Waals surface area contributed by atoms with E-state index in [9.17, 15) is 9.59 Å². The van der Waals surface area contributed by atoms with Crippen LogP contribution in [0.1, 0.15) is 36.1 Å². The number of piperazine rings is 1. The zero-order valence-corrected chi connectivity index (χ0v) is 19.1. The molecule has 3 aromatic rings. The Morgan fingerprint density at radius 2 is 1.94 bits per heavy atom. The molecule has 176 valence electrons. The van der Waals surface area contributed by atoms with Gasteiger partial charge in [0.2, 0.25) is 11.8 Å². The Morgan fingerprint density at radius 3 is 2.70 bits per heavy atom. The number of amides is 1. The van der Waals surface area contributed by atoms with Crippen LogP contribution in [0.15, 0.2) is 30.3 Å². The van der Waals surface area contributed by atoms with Crippen LogP contribution in [0.2, 0.25) is 0 Å². The second-order valence-electron chi connectivity index (χ2n) is 8.42. The summed E-state index contributed by atoms with van der Waals surface area (Å²) < 4.78 is 5.41. The van der Waals surface area contributed by atoms with Gasteiger partial charge >= 0.3 is 5.97 Å². The van der Waals surface area contributed by atoms with Gasteiger partial charge in [0, 0.05) is 43.8 Å². The van der Waals surface area contributed by atoms with Crippen LogP contribution < -0.4 is 10.2 Å². The van der Waals surface area contributed by atoms with Crippen molar-refractivity contribution >= 4 is 28.7 Å². The fourth-order valence-electron chi connectivity index (χ4n) is 3.82. The molecule has 10 heteroatoms. The monoisotopic (exact) mass is 453 g/mol. The highest BCUT2D eigenvalue weighted by Gasteiger charge is 2.26. The highest BCUT2D eigenvalue weighted by Crippen LogP contribution is 2.16. The number of unbranched alkanes of at least 4 members (excludes halogenated alkanes) is 1. The number of nitrogens with zero attached hydrogens (tertiary/aromatic N) is 4. The number of H-pyrrole nitrogens is 2. The average molecular weight is 454 g/mol. The van der Waals surface area contributed by atoms with Gasteiger partial charge in [-0.15, -0.1) is 10.2 Å². The molecule has 1 aliphatic heterocycles. The molecular formula is C23H31N7O3. The van der Waals surface area contributed by atoms with Gasteiger partial charge in [0.25, 0.3) is 5.91 Å². The number of likely N-dealkylation sites (N-methyl/N-ethyl adjacent to an activating group) is 1. The first kappa shape index (κ1) is 22.8. The lowest BCUT2D eigenvalue weighted by Gasteiger charge is -2.31. The third kappa shape index (κ3) is 5.70. The van der Waals surface area contributed by atoms with Crippen LogP contribution in [0.3, 0.4) is 0 Å².